The predicted molar refractivity (Wildman–Crippen MR) is 102 cm³/mol. The van der Waals surface area contributed by atoms with Crippen molar-refractivity contribution in [1.29, 1.82) is 0 Å². The molecule has 3 rings (SSSR count). The highest BCUT2D eigenvalue weighted by Crippen LogP contribution is 2.20. The molecular weight excluding hydrogens is 330 g/mol. The lowest BCUT2D eigenvalue weighted by atomic mass is 10.00. The summed E-state index contributed by atoms with van der Waals surface area (Å²) in [6.45, 7) is 5.12. The summed E-state index contributed by atoms with van der Waals surface area (Å²) in [4.78, 5) is 40.4. The van der Waals surface area contributed by atoms with Crippen LogP contribution in [-0.4, -0.2) is 32.5 Å². The minimum absolute atomic E-state index is 0.0140. The van der Waals surface area contributed by atoms with E-state index in [1.54, 1.807) is 24.3 Å². The molecule has 1 aromatic carbocycles. The Bertz CT molecular complexity index is 913. The number of hydrogen-bond acceptors (Lipinski definition) is 3. The molecule has 26 heavy (non-hydrogen) atoms. The van der Waals surface area contributed by atoms with Gasteiger partial charge in [0.1, 0.15) is 6.54 Å². The van der Waals surface area contributed by atoms with Crippen molar-refractivity contribution in [2.75, 3.05) is 6.54 Å². The zero-order valence-electron chi connectivity index (χ0n) is 15.6. The molecule has 1 saturated heterocycles. The molecule has 1 atom stereocenters. The molecule has 2 heterocycles. The Labute approximate surface area is 153 Å². The van der Waals surface area contributed by atoms with Gasteiger partial charge in [-0.15, -0.1) is 0 Å². The second-order valence-corrected chi connectivity index (χ2v) is 6.99. The smallest absolute Gasteiger partial charge is 0.331 e. The number of hydrogen-bond donors (Lipinski definition) is 0. The van der Waals surface area contributed by atoms with E-state index in [-0.39, 0.29) is 24.1 Å². The molecule has 1 aliphatic rings. The van der Waals surface area contributed by atoms with Crippen LogP contribution in [0.25, 0.3) is 10.9 Å². The monoisotopic (exact) mass is 357 g/mol. The lowest BCUT2D eigenvalue weighted by molar-refractivity contribution is -0.135. The average molecular weight is 357 g/mol. The summed E-state index contributed by atoms with van der Waals surface area (Å²) in [6.07, 6.45) is 4.79. The molecule has 0 bridgehead atoms. The van der Waals surface area contributed by atoms with E-state index in [4.69, 9.17) is 0 Å². The highest BCUT2D eigenvalue weighted by Gasteiger charge is 2.26. The molecular formula is C20H27N3O3. The second-order valence-electron chi connectivity index (χ2n) is 6.99. The SMILES string of the molecule is CCCn1c(=O)c2ccccc2n(CC(=O)N2CCCCC2CC)c1=O. The average Bonchev–Trinajstić information content (AvgIpc) is 2.68. The van der Waals surface area contributed by atoms with Gasteiger partial charge in [0.2, 0.25) is 5.91 Å². The van der Waals surface area contributed by atoms with E-state index in [1.165, 1.54) is 9.13 Å². The van der Waals surface area contributed by atoms with E-state index < -0.39 is 5.69 Å². The summed E-state index contributed by atoms with van der Waals surface area (Å²) >= 11 is 0. The van der Waals surface area contributed by atoms with Crippen molar-refractivity contribution in [2.45, 2.75) is 65.1 Å². The first-order valence-corrected chi connectivity index (χ1v) is 9.60. The fourth-order valence-corrected chi connectivity index (χ4v) is 3.92. The van der Waals surface area contributed by atoms with E-state index in [0.717, 1.165) is 32.2 Å². The van der Waals surface area contributed by atoms with Gasteiger partial charge >= 0.3 is 5.69 Å². The van der Waals surface area contributed by atoms with Crippen molar-refractivity contribution in [3.8, 4) is 0 Å². The Balaban J connectivity index is 2.05. The van der Waals surface area contributed by atoms with Gasteiger partial charge in [-0.1, -0.05) is 26.0 Å². The van der Waals surface area contributed by atoms with Crippen LogP contribution in [0.2, 0.25) is 0 Å². The minimum atomic E-state index is -0.394. The number of benzene rings is 1. The first-order chi connectivity index (χ1) is 12.6. The first-order valence-electron chi connectivity index (χ1n) is 9.60. The number of carbonyl (C=O) groups excluding carboxylic acids is 1. The summed E-state index contributed by atoms with van der Waals surface area (Å²) in [6, 6.07) is 7.30. The van der Waals surface area contributed by atoms with Gasteiger partial charge in [0.15, 0.2) is 0 Å². The molecule has 1 unspecified atom stereocenters. The minimum Gasteiger partial charge on any atom is -0.338 e. The van der Waals surface area contributed by atoms with Gasteiger partial charge in [0, 0.05) is 19.1 Å². The third kappa shape index (κ3) is 3.32. The van der Waals surface area contributed by atoms with Gasteiger partial charge in [-0.2, -0.15) is 0 Å². The van der Waals surface area contributed by atoms with E-state index >= 15 is 0 Å². The number of rotatable bonds is 5. The molecule has 1 fully saturated rings. The van der Waals surface area contributed by atoms with Gasteiger partial charge in [-0.3, -0.25) is 18.7 Å². The molecule has 6 heteroatoms. The van der Waals surface area contributed by atoms with Crippen molar-refractivity contribution in [1.82, 2.24) is 14.0 Å². The van der Waals surface area contributed by atoms with Gasteiger partial charge in [0.25, 0.3) is 5.56 Å². The van der Waals surface area contributed by atoms with Crippen molar-refractivity contribution in [2.24, 2.45) is 0 Å². The predicted octanol–water partition coefficient (Wildman–Crippen LogP) is 2.36. The van der Waals surface area contributed by atoms with Crippen molar-refractivity contribution in [3.05, 3.63) is 45.1 Å². The van der Waals surface area contributed by atoms with Crippen LogP contribution in [0, 0.1) is 0 Å². The molecule has 140 valence electrons. The molecule has 0 saturated carbocycles. The highest BCUT2D eigenvalue weighted by molar-refractivity contribution is 5.81. The Morgan fingerprint density at radius 3 is 2.62 bits per heavy atom. The summed E-state index contributed by atoms with van der Waals surface area (Å²) < 4.78 is 2.72. The molecule has 6 nitrogen and oxygen atoms in total. The second kappa shape index (κ2) is 7.89. The lowest BCUT2D eigenvalue weighted by Gasteiger charge is -2.35. The summed E-state index contributed by atoms with van der Waals surface area (Å²) in [5, 5.41) is 0.485. The van der Waals surface area contributed by atoms with Gasteiger partial charge in [-0.05, 0) is 44.2 Å². The fraction of sp³-hybridized carbons (Fsp3) is 0.550. The standard InChI is InChI=1S/C20H27N3O3/c1-3-12-22-19(25)16-10-5-6-11-17(16)23(20(22)26)14-18(24)21-13-8-7-9-15(21)4-2/h5-6,10-11,15H,3-4,7-9,12-14H2,1-2H3. The van der Waals surface area contributed by atoms with Crippen LogP contribution < -0.4 is 11.2 Å². The highest BCUT2D eigenvalue weighted by atomic mass is 16.2. The van der Waals surface area contributed by atoms with Crippen LogP contribution in [-0.2, 0) is 17.9 Å². The normalized spacial score (nSPS) is 17.6. The van der Waals surface area contributed by atoms with Crippen molar-refractivity contribution in [3.63, 3.8) is 0 Å². The van der Waals surface area contributed by atoms with Gasteiger partial charge in [-0.25, -0.2) is 4.79 Å². The van der Waals surface area contributed by atoms with Crippen molar-refractivity contribution < 1.29 is 4.79 Å². The third-order valence-corrected chi connectivity index (χ3v) is 5.29. The first kappa shape index (κ1) is 18.4. The van der Waals surface area contributed by atoms with Gasteiger partial charge < -0.3 is 4.90 Å². The number of likely N-dealkylation sites (tertiary alicyclic amines) is 1. The van der Waals surface area contributed by atoms with Crippen LogP contribution in [0.4, 0.5) is 0 Å². The number of nitrogens with zero attached hydrogens (tertiary/aromatic N) is 3. The van der Waals surface area contributed by atoms with Crippen LogP contribution >= 0.6 is 0 Å². The lowest BCUT2D eigenvalue weighted by Crippen LogP contribution is -2.47. The van der Waals surface area contributed by atoms with E-state index in [0.29, 0.717) is 23.9 Å². The maximum atomic E-state index is 13.0. The fourth-order valence-electron chi connectivity index (χ4n) is 3.92. The molecule has 0 radical (unpaired) electrons. The van der Waals surface area contributed by atoms with Crippen LogP contribution in [0.5, 0.6) is 0 Å². The summed E-state index contributed by atoms with van der Waals surface area (Å²) in [5.41, 5.74) is -0.136. The number of carbonyl (C=O) groups is 1. The zero-order valence-corrected chi connectivity index (χ0v) is 15.6. The van der Waals surface area contributed by atoms with Gasteiger partial charge in [0.05, 0.1) is 10.9 Å². The van der Waals surface area contributed by atoms with Crippen LogP contribution in [0.15, 0.2) is 33.9 Å². The number of fused-ring (bicyclic) bond motifs is 1. The molecule has 0 spiro atoms. The molecule has 1 amide bonds. The van der Waals surface area contributed by atoms with Crippen LogP contribution in [0.1, 0.15) is 46.0 Å². The molecule has 0 N–H and O–H groups in total. The molecule has 1 aliphatic heterocycles. The van der Waals surface area contributed by atoms with Crippen LogP contribution in [0.3, 0.4) is 0 Å². The van der Waals surface area contributed by atoms with E-state index in [2.05, 4.69) is 6.92 Å². The number of piperidine rings is 1. The Morgan fingerprint density at radius 1 is 1.12 bits per heavy atom. The number of para-hydroxylation sites is 1. The zero-order chi connectivity index (χ0) is 18.7. The van der Waals surface area contributed by atoms with E-state index in [9.17, 15) is 14.4 Å². The maximum absolute atomic E-state index is 13.0. The Morgan fingerprint density at radius 2 is 1.88 bits per heavy atom. The van der Waals surface area contributed by atoms with Crippen molar-refractivity contribution >= 4 is 16.8 Å². The molecule has 1 aromatic heterocycles. The number of amides is 1. The van der Waals surface area contributed by atoms with E-state index in [1.807, 2.05) is 11.8 Å². The largest absolute Gasteiger partial charge is 0.338 e. The Hall–Kier alpha value is -2.37. The third-order valence-electron chi connectivity index (χ3n) is 5.29. The Kier molecular flexibility index (Phi) is 5.59. The summed E-state index contributed by atoms with van der Waals surface area (Å²) in [7, 11) is 0. The topological polar surface area (TPSA) is 64.3 Å². The molecule has 0 aliphatic carbocycles. The number of aromatic nitrogens is 2. The maximum Gasteiger partial charge on any atom is 0.331 e. The quantitative estimate of drug-likeness (QED) is 0.825. The molecule has 2 aromatic rings. The summed E-state index contributed by atoms with van der Waals surface area (Å²) in [5.74, 6) is -0.0366.